The van der Waals surface area contributed by atoms with Crippen molar-refractivity contribution in [2.45, 2.75) is 6.92 Å². The molecule has 0 bridgehead atoms. The van der Waals surface area contributed by atoms with Crippen LogP contribution in [0.15, 0.2) is 65.8 Å². The van der Waals surface area contributed by atoms with Crippen LogP contribution in [0.4, 0.5) is 5.69 Å². The fourth-order valence-corrected chi connectivity index (χ4v) is 1.89. The van der Waals surface area contributed by atoms with Crippen molar-refractivity contribution in [2.24, 2.45) is 5.10 Å². The third kappa shape index (κ3) is 7.13. The molecule has 0 saturated heterocycles. The highest BCUT2D eigenvalue weighted by Gasteiger charge is 2.01. The van der Waals surface area contributed by atoms with Gasteiger partial charge in [-0.1, -0.05) is 36.4 Å². The smallest absolute Gasteiger partial charge is 0.277 e. The Balaban J connectivity index is 1.70. The van der Waals surface area contributed by atoms with Crippen LogP contribution in [0, 0.1) is 0 Å². The van der Waals surface area contributed by atoms with Crippen LogP contribution >= 0.6 is 0 Å². The van der Waals surface area contributed by atoms with Crippen molar-refractivity contribution in [2.75, 3.05) is 11.9 Å². The molecule has 0 aliphatic heterocycles. The van der Waals surface area contributed by atoms with Gasteiger partial charge in [-0.05, 0) is 35.9 Å². The Morgan fingerprint density at radius 2 is 1.80 bits per heavy atom. The molecule has 2 N–H and O–H groups in total. The summed E-state index contributed by atoms with van der Waals surface area (Å²) in [6.07, 6.45) is 5.10. The number of ether oxygens (including phenoxy) is 1. The van der Waals surface area contributed by atoms with Crippen LogP contribution in [-0.4, -0.2) is 24.6 Å². The lowest BCUT2D eigenvalue weighted by Crippen LogP contribution is -2.24. The van der Waals surface area contributed by atoms with Gasteiger partial charge < -0.3 is 10.1 Å². The molecular formula is C19H19N3O3. The van der Waals surface area contributed by atoms with Crippen molar-refractivity contribution >= 4 is 29.8 Å². The minimum Gasteiger partial charge on any atom is -0.484 e. The molecular weight excluding hydrogens is 318 g/mol. The number of hydrazone groups is 1. The minimum atomic E-state index is -0.365. The number of anilines is 1. The number of carbonyl (C=O) groups is 2. The van der Waals surface area contributed by atoms with Crippen LogP contribution in [0.1, 0.15) is 12.5 Å². The molecule has 0 aromatic heterocycles. The summed E-state index contributed by atoms with van der Waals surface area (Å²) < 4.78 is 5.34. The van der Waals surface area contributed by atoms with E-state index < -0.39 is 0 Å². The fraction of sp³-hybridized carbons (Fsp3) is 0.105. The molecule has 0 heterocycles. The summed E-state index contributed by atoms with van der Waals surface area (Å²) in [5.74, 6) is 0.0136. The number of benzene rings is 2. The Kier molecular flexibility index (Phi) is 6.94. The third-order valence-electron chi connectivity index (χ3n) is 2.98. The number of hydrogen-bond donors (Lipinski definition) is 2. The van der Waals surface area contributed by atoms with Crippen molar-refractivity contribution in [1.29, 1.82) is 0 Å². The number of nitrogens with one attached hydrogen (secondary N) is 2. The molecule has 6 heteroatoms. The number of hydrogen-bond acceptors (Lipinski definition) is 4. The Morgan fingerprint density at radius 3 is 2.48 bits per heavy atom. The number of rotatable bonds is 7. The molecule has 0 aliphatic carbocycles. The Morgan fingerprint density at radius 1 is 1.08 bits per heavy atom. The van der Waals surface area contributed by atoms with Crippen LogP contribution in [0.25, 0.3) is 6.08 Å². The number of carbonyl (C=O) groups excluding carboxylic acids is 2. The van der Waals surface area contributed by atoms with Crippen molar-refractivity contribution < 1.29 is 14.3 Å². The molecule has 0 spiro atoms. The zero-order valence-electron chi connectivity index (χ0n) is 13.8. The standard InChI is InChI=1S/C19H19N3O3/c1-15(23)21-17-9-11-18(12-10-17)25-14-19(24)22-20-13-5-8-16-6-3-2-4-7-16/h2-13H,14H2,1H3,(H,21,23)(H,22,24)/b8-5+,20-13+. The topological polar surface area (TPSA) is 79.8 Å². The van der Waals surface area contributed by atoms with E-state index in [-0.39, 0.29) is 18.4 Å². The maximum absolute atomic E-state index is 11.6. The van der Waals surface area contributed by atoms with Gasteiger partial charge in [-0.25, -0.2) is 5.43 Å². The van der Waals surface area contributed by atoms with Crippen molar-refractivity contribution in [3.8, 4) is 5.75 Å². The van der Waals surface area contributed by atoms with Crippen LogP contribution in [0.3, 0.4) is 0 Å². The summed E-state index contributed by atoms with van der Waals surface area (Å²) in [6, 6.07) is 16.5. The molecule has 6 nitrogen and oxygen atoms in total. The van der Waals surface area contributed by atoms with E-state index in [0.717, 1.165) is 5.56 Å². The molecule has 0 fully saturated rings. The summed E-state index contributed by atoms with van der Waals surface area (Å²) in [6.45, 7) is 1.28. The molecule has 0 saturated carbocycles. The molecule has 128 valence electrons. The lowest BCUT2D eigenvalue weighted by Gasteiger charge is -2.06. The molecule has 0 radical (unpaired) electrons. The first-order valence-corrected chi connectivity index (χ1v) is 7.67. The van der Waals surface area contributed by atoms with E-state index in [2.05, 4.69) is 15.8 Å². The van der Waals surface area contributed by atoms with Crippen LogP contribution in [0.5, 0.6) is 5.75 Å². The average molecular weight is 337 g/mol. The maximum Gasteiger partial charge on any atom is 0.277 e. The molecule has 0 atom stereocenters. The quantitative estimate of drug-likeness (QED) is 0.602. The molecule has 0 unspecified atom stereocenters. The second kappa shape index (κ2) is 9.67. The second-order valence-electron chi connectivity index (χ2n) is 5.08. The van der Waals surface area contributed by atoms with Crippen LogP contribution in [0.2, 0.25) is 0 Å². The molecule has 0 aliphatic rings. The predicted octanol–water partition coefficient (Wildman–Crippen LogP) is 2.84. The predicted molar refractivity (Wildman–Crippen MR) is 98.4 cm³/mol. The summed E-state index contributed by atoms with van der Waals surface area (Å²) >= 11 is 0. The zero-order chi connectivity index (χ0) is 17.9. The third-order valence-corrected chi connectivity index (χ3v) is 2.98. The molecule has 2 aromatic carbocycles. The van der Waals surface area contributed by atoms with Gasteiger partial charge in [0.25, 0.3) is 5.91 Å². The number of allylic oxidation sites excluding steroid dienone is 1. The Labute approximate surface area is 146 Å². The minimum absolute atomic E-state index is 0.146. The van der Waals surface area contributed by atoms with Crippen molar-refractivity contribution in [3.05, 3.63) is 66.2 Å². The van der Waals surface area contributed by atoms with E-state index in [1.54, 1.807) is 30.3 Å². The van der Waals surface area contributed by atoms with Gasteiger partial charge in [0.15, 0.2) is 6.61 Å². The fourth-order valence-electron chi connectivity index (χ4n) is 1.89. The van der Waals surface area contributed by atoms with Gasteiger partial charge in [-0.2, -0.15) is 5.10 Å². The summed E-state index contributed by atoms with van der Waals surface area (Å²) in [5, 5.41) is 6.46. The normalized spacial score (nSPS) is 10.8. The number of amides is 2. The highest BCUT2D eigenvalue weighted by Crippen LogP contribution is 2.15. The van der Waals surface area contributed by atoms with Crippen LogP contribution in [-0.2, 0) is 9.59 Å². The van der Waals surface area contributed by atoms with E-state index in [4.69, 9.17) is 4.74 Å². The van der Waals surface area contributed by atoms with E-state index >= 15 is 0 Å². The zero-order valence-corrected chi connectivity index (χ0v) is 13.8. The van der Waals surface area contributed by atoms with E-state index in [0.29, 0.717) is 11.4 Å². The summed E-state index contributed by atoms with van der Waals surface area (Å²) in [5.41, 5.74) is 4.09. The van der Waals surface area contributed by atoms with E-state index in [1.165, 1.54) is 13.1 Å². The lowest BCUT2D eigenvalue weighted by atomic mass is 10.2. The van der Waals surface area contributed by atoms with Gasteiger partial charge in [0.05, 0.1) is 0 Å². The first kappa shape index (κ1) is 17.9. The largest absolute Gasteiger partial charge is 0.484 e. The van der Waals surface area contributed by atoms with E-state index in [9.17, 15) is 9.59 Å². The van der Waals surface area contributed by atoms with E-state index in [1.807, 2.05) is 36.4 Å². The van der Waals surface area contributed by atoms with Gasteiger partial charge >= 0.3 is 0 Å². The Bertz CT molecular complexity index is 753. The Hall–Kier alpha value is -3.41. The van der Waals surface area contributed by atoms with Gasteiger partial charge in [0.1, 0.15) is 5.75 Å². The second-order valence-corrected chi connectivity index (χ2v) is 5.08. The van der Waals surface area contributed by atoms with Crippen molar-refractivity contribution in [1.82, 2.24) is 5.43 Å². The monoisotopic (exact) mass is 337 g/mol. The SMILES string of the molecule is CC(=O)Nc1ccc(OCC(=O)N/N=C/C=C/c2ccccc2)cc1. The van der Waals surface area contributed by atoms with Crippen molar-refractivity contribution in [3.63, 3.8) is 0 Å². The van der Waals surface area contributed by atoms with Gasteiger partial charge in [-0.3, -0.25) is 9.59 Å². The molecule has 2 rings (SSSR count). The maximum atomic E-state index is 11.6. The molecule has 25 heavy (non-hydrogen) atoms. The summed E-state index contributed by atoms with van der Waals surface area (Å²) in [4.78, 5) is 22.6. The summed E-state index contributed by atoms with van der Waals surface area (Å²) in [7, 11) is 0. The van der Waals surface area contributed by atoms with Crippen LogP contribution < -0.4 is 15.5 Å². The average Bonchev–Trinajstić information content (AvgIpc) is 2.61. The molecule has 2 aromatic rings. The van der Waals surface area contributed by atoms with Gasteiger partial charge in [-0.15, -0.1) is 0 Å². The highest BCUT2D eigenvalue weighted by atomic mass is 16.5. The lowest BCUT2D eigenvalue weighted by molar-refractivity contribution is -0.123. The van der Waals surface area contributed by atoms with Gasteiger partial charge in [0.2, 0.25) is 5.91 Å². The first-order valence-electron chi connectivity index (χ1n) is 7.67. The first-order chi connectivity index (χ1) is 12.1. The van der Waals surface area contributed by atoms with Gasteiger partial charge in [0, 0.05) is 18.8 Å². The highest BCUT2D eigenvalue weighted by molar-refractivity contribution is 5.88. The molecule has 2 amide bonds. The number of nitrogens with zero attached hydrogens (tertiary/aromatic N) is 1.